The fourth-order valence-electron chi connectivity index (χ4n) is 0.725. The minimum atomic E-state index is -3.47. The van der Waals surface area contributed by atoms with Crippen molar-refractivity contribution in [3.63, 3.8) is 0 Å². The molecule has 1 unspecified atom stereocenters. The minimum absolute atomic E-state index is 0.0483. The molecule has 7 nitrogen and oxygen atoms in total. The van der Waals surface area contributed by atoms with E-state index >= 15 is 0 Å². The summed E-state index contributed by atoms with van der Waals surface area (Å²) in [5.41, 5.74) is 0. The Labute approximate surface area is 81.6 Å². The van der Waals surface area contributed by atoms with Crippen LogP contribution in [-0.4, -0.2) is 40.6 Å². The summed E-state index contributed by atoms with van der Waals surface area (Å²) in [5, 5.41) is 13.9. The molecule has 3 N–H and O–H groups in total. The van der Waals surface area contributed by atoms with Crippen molar-refractivity contribution in [1.29, 1.82) is 0 Å². The van der Waals surface area contributed by atoms with Crippen molar-refractivity contribution in [1.82, 2.24) is 19.9 Å². The largest absolute Gasteiger partial charge is 0.395 e. The smallest absolute Gasteiger partial charge is 0.216 e. The van der Waals surface area contributed by atoms with Crippen molar-refractivity contribution in [3.8, 4) is 0 Å². The standard InChI is InChI=1S/C6H12N4O3S/c1-5(3-11)14(12,13)9-2-6-7-4-8-10-6/h4-5,9,11H,2-3H2,1H3,(H,7,8,10). The van der Waals surface area contributed by atoms with Crippen LogP contribution in [0.3, 0.4) is 0 Å². The molecule has 0 saturated heterocycles. The Morgan fingerprint density at radius 1 is 1.71 bits per heavy atom. The molecule has 0 radical (unpaired) electrons. The Balaban J connectivity index is 2.53. The maximum absolute atomic E-state index is 11.3. The third-order valence-electron chi connectivity index (χ3n) is 1.69. The van der Waals surface area contributed by atoms with Crippen molar-refractivity contribution < 1.29 is 13.5 Å². The molecule has 0 fully saturated rings. The van der Waals surface area contributed by atoms with Crippen LogP contribution in [-0.2, 0) is 16.6 Å². The fourth-order valence-corrected chi connectivity index (χ4v) is 1.54. The maximum Gasteiger partial charge on any atom is 0.216 e. The van der Waals surface area contributed by atoms with Gasteiger partial charge >= 0.3 is 0 Å². The predicted molar refractivity (Wildman–Crippen MR) is 48.7 cm³/mol. The second-order valence-corrected chi connectivity index (χ2v) is 4.97. The molecule has 14 heavy (non-hydrogen) atoms. The van der Waals surface area contributed by atoms with E-state index in [1.165, 1.54) is 13.3 Å². The van der Waals surface area contributed by atoms with Gasteiger partial charge in [-0.3, -0.25) is 5.10 Å². The molecule has 80 valence electrons. The van der Waals surface area contributed by atoms with Crippen molar-refractivity contribution in [2.75, 3.05) is 6.61 Å². The zero-order valence-electron chi connectivity index (χ0n) is 7.64. The van der Waals surface area contributed by atoms with Gasteiger partial charge in [0.25, 0.3) is 0 Å². The van der Waals surface area contributed by atoms with E-state index in [9.17, 15) is 8.42 Å². The number of hydrogen-bond donors (Lipinski definition) is 3. The Bertz CT molecular complexity index is 360. The van der Waals surface area contributed by atoms with Crippen LogP contribution in [0.25, 0.3) is 0 Å². The lowest BCUT2D eigenvalue weighted by molar-refractivity contribution is 0.294. The topological polar surface area (TPSA) is 108 Å². The third kappa shape index (κ3) is 2.76. The first-order valence-electron chi connectivity index (χ1n) is 4.00. The molecule has 0 bridgehead atoms. The summed E-state index contributed by atoms with van der Waals surface area (Å²) in [6.45, 7) is 1.06. The van der Waals surface area contributed by atoms with E-state index in [4.69, 9.17) is 5.11 Å². The van der Waals surface area contributed by atoms with E-state index in [1.807, 2.05) is 0 Å². The van der Waals surface area contributed by atoms with Crippen LogP contribution in [0.2, 0.25) is 0 Å². The molecule has 0 aliphatic carbocycles. The molecule has 8 heteroatoms. The van der Waals surface area contributed by atoms with Crippen molar-refractivity contribution in [2.24, 2.45) is 0 Å². The molecule has 1 rings (SSSR count). The number of nitrogens with zero attached hydrogens (tertiary/aromatic N) is 2. The molecule has 1 aromatic rings. The van der Waals surface area contributed by atoms with Gasteiger partial charge in [0.15, 0.2) is 0 Å². The molecule has 0 amide bonds. The molecule has 0 saturated carbocycles. The van der Waals surface area contributed by atoms with Crippen LogP contribution in [0.1, 0.15) is 12.7 Å². The van der Waals surface area contributed by atoms with E-state index in [-0.39, 0.29) is 6.54 Å². The van der Waals surface area contributed by atoms with Crippen LogP contribution >= 0.6 is 0 Å². The van der Waals surface area contributed by atoms with E-state index in [1.54, 1.807) is 0 Å². The van der Waals surface area contributed by atoms with Gasteiger partial charge in [-0.05, 0) is 6.92 Å². The summed E-state index contributed by atoms with van der Waals surface area (Å²) < 4.78 is 24.9. The van der Waals surface area contributed by atoms with Gasteiger partial charge in [0.2, 0.25) is 10.0 Å². The number of rotatable bonds is 5. The highest BCUT2D eigenvalue weighted by atomic mass is 32.2. The van der Waals surface area contributed by atoms with Gasteiger partial charge in [-0.2, -0.15) is 5.10 Å². The summed E-state index contributed by atoms with van der Waals surface area (Å²) in [7, 11) is -3.47. The van der Waals surface area contributed by atoms with Gasteiger partial charge in [0.05, 0.1) is 18.4 Å². The summed E-state index contributed by atoms with van der Waals surface area (Å²) in [5.74, 6) is 0.429. The average molecular weight is 220 g/mol. The second kappa shape index (κ2) is 4.49. The Morgan fingerprint density at radius 3 is 2.93 bits per heavy atom. The van der Waals surface area contributed by atoms with Gasteiger partial charge in [-0.15, -0.1) is 0 Å². The lowest BCUT2D eigenvalue weighted by Crippen LogP contribution is -2.34. The van der Waals surface area contributed by atoms with E-state index in [0.717, 1.165) is 0 Å². The van der Waals surface area contributed by atoms with E-state index in [2.05, 4.69) is 19.9 Å². The van der Waals surface area contributed by atoms with Crippen molar-refractivity contribution >= 4 is 10.0 Å². The van der Waals surface area contributed by atoms with Gasteiger partial charge in [-0.25, -0.2) is 18.1 Å². The maximum atomic E-state index is 11.3. The number of aliphatic hydroxyl groups is 1. The summed E-state index contributed by atoms with van der Waals surface area (Å²) in [6, 6.07) is 0. The number of hydrogen-bond acceptors (Lipinski definition) is 5. The lowest BCUT2D eigenvalue weighted by atomic mass is 10.5. The van der Waals surface area contributed by atoms with Gasteiger partial charge in [-0.1, -0.05) is 0 Å². The molecule has 1 aromatic heterocycles. The normalized spacial score (nSPS) is 14.1. The minimum Gasteiger partial charge on any atom is -0.395 e. The van der Waals surface area contributed by atoms with Crippen LogP contribution in [0, 0.1) is 0 Å². The van der Waals surface area contributed by atoms with Gasteiger partial charge in [0.1, 0.15) is 12.2 Å². The SMILES string of the molecule is CC(CO)S(=O)(=O)NCc1ncn[nH]1. The number of aliphatic hydroxyl groups excluding tert-OH is 1. The Hall–Kier alpha value is -0.990. The predicted octanol–water partition coefficient (Wildman–Crippen LogP) is -1.40. The number of nitrogens with one attached hydrogen (secondary N) is 2. The molecule has 0 aromatic carbocycles. The summed E-state index contributed by atoms with van der Waals surface area (Å²) in [4.78, 5) is 3.75. The second-order valence-electron chi connectivity index (χ2n) is 2.79. The summed E-state index contributed by atoms with van der Waals surface area (Å²) >= 11 is 0. The third-order valence-corrected chi connectivity index (χ3v) is 3.45. The summed E-state index contributed by atoms with van der Waals surface area (Å²) in [6.07, 6.45) is 1.29. The van der Waals surface area contributed by atoms with E-state index < -0.39 is 21.9 Å². The highest BCUT2D eigenvalue weighted by Crippen LogP contribution is 1.97. The Kier molecular flexibility index (Phi) is 3.55. The van der Waals surface area contributed by atoms with Crippen LogP contribution in [0.4, 0.5) is 0 Å². The highest BCUT2D eigenvalue weighted by molar-refractivity contribution is 7.90. The number of sulfonamides is 1. The zero-order chi connectivity index (χ0) is 10.6. The first kappa shape index (κ1) is 11.1. The average Bonchev–Trinajstić information content (AvgIpc) is 2.66. The van der Waals surface area contributed by atoms with Crippen molar-refractivity contribution in [3.05, 3.63) is 12.2 Å². The molecule has 1 atom stereocenters. The first-order valence-corrected chi connectivity index (χ1v) is 5.54. The molecule has 1 heterocycles. The number of aromatic amines is 1. The fraction of sp³-hybridized carbons (Fsp3) is 0.667. The number of H-pyrrole nitrogens is 1. The van der Waals surface area contributed by atoms with Crippen LogP contribution in [0.5, 0.6) is 0 Å². The zero-order valence-corrected chi connectivity index (χ0v) is 8.45. The lowest BCUT2D eigenvalue weighted by Gasteiger charge is -2.09. The first-order chi connectivity index (χ1) is 6.56. The molecular weight excluding hydrogens is 208 g/mol. The van der Waals surface area contributed by atoms with E-state index in [0.29, 0.717) is 5.82 Å². The highest BCUT2D eigenvalue weighted by Gasteiger charge is 2.19. The van der Waals surface area contributed by atoms with Crippen LogP contribution in [0.15, 0.2) is 6.33 Å². The molecule has 0 aliphatic rings. The number of aromatic nitrogens is 3. The van der Waals surface area contributed by atoms with Gasteiger partial charge < -0.3 is 5.11 Å². The van der Waals surface area contributed by atoms with Gasteiger partial charge in [0, 0.05) is 0 Å². The Morgan fingerprint density at radius 2 is 2.43 bits per heavy atom. The quantitative estimate of drug-likeness (QED) is 0.566. The van der Waals surface area contributed by atoms with Crippen LogP contribution < -0.4 is 4.72 Å². The molecule has 0 aliphatic heterocycles. The van der Waals surface area contributed by atoms with Crippen molar-refractivity contribution in [2.45, 2.75) is 18.7 Å². The monoisotopic (exact) mass is 220 g/mol. The molecule has 0 spiro atoms. The molecular formula is C6H12N4O3S.